The van der Waals surface area contributed by atoms with Crippen LogP contribution in [0.4, 0.5) is 5.69 Å². The largest absolute Gasteiger partial charge is 0.399 e. The van der Waals surface area contributed by atoms with Crippen molar-refractivity contribution in [1.29, 1.82) is 0 Å². The molecule has 0 aliphatic carbocycles. The summed E-state index contributed by atoms with van der Waals surface area (Å²) in [6.45, 7) is 0.0247. The molecule has 0 radical (unpaired) electrons. The van der Waals surface area contributed by atoms with Gasteiger partial charge in [-0.25, -0.2) is 8.42 Å². The van der Waals surface area contributed by atoms with Crippen LogP contribution in [0, 0.1) is 0 Å². The molecule has 0 aromatic heterocycles. The van der Waals surface area contributed by atoms with Crippen molar-refractivity contribution in [2.45, 2.75) is 4.90 Å². The van der Waals surface area contributed by atoms with E-state index < -0.39 is 9.84 Å². The quantitative estimate of drug-likeness (QED) is 0.655. The maximum atomic E-state index is 11.8. The molecule has 4 N–H and O–H groups in total. The lowest BCUT2D eigenvalue weighted by atomic mass is 10.2. The standard InChI is InChI=1S/C9H10N2O2S/c10-5-8-3-6-1-2-7(11)4-9(6)14(8,12)13/h1-4H,5,10-11H2. The fourth-order valence-electron chi connectivity index (χ4n) is 1.46. The molecule has 0 saturated carbocycles. The van der Waals surface area contributed by atoms with Crippen LogP contribution in [0.5, 0.6) is 0 Å². The average molecular weight is 210 g/mol. The number of anilines is 1. The van der Waals surface area contributed by atoms with Gasteiger partial charge in [-0.3, -0.25) is 0 Å². The number of nitrogen functional groups attached to an aromatic ring is 1. The SMILES string of the molecule is NCC1=Cc2ccc(N)cc2S1(=O)=O. The van der Waals surface area contributed by atoms with Crippen molar-refractivity contribution in [3.8, 4) is 0 Å². The minimum atomic E-state index is -3.36. The van der Waals surface area contributed by atoms with Gasteiger partial charge in [0.2, 0.25) is 9.84 Å². The Morgan fingerprint density at radius 1 is 1.29 bits per heavy atom. The van der Waals surface area contributed by atoms with Crippen LogP contribution < -0.4 is 11.5 Å². The molecule has 74 valence electrons. The van der Waals surface area contributed by atoms with E-state index in [0.29, 0.717) is 11.3 Å². The highest BCUT2D eigenvalue weighted by molar-refractivity contribution is 7.95. The van der Waals surface area contributed by atoms with Crippen molar-refractivity contribution in [1.82, 2.24) is 0 Å². The summed E-state index contributed by atoms with van der Waals surface area (Å²) in [5.74, 6) is 0. The van der Waals surface area contributed by atoms with Crippen molar-refractivity contribution < 1.29 is 8.42 Å². The van der Waals surface area contributed by atoms with Gasteiger partial charge in [-0.1, -0.05) is 6.07 Å². The molecule has 1 heterocycles. The first-order valence-electron chi connectivity index (χ1n) is 4.11. The molecule has 5 heteroatoms. The zero-order valence-electron chi connectivity index (χ0n) is 7.40. The number of sulfone groups is 1. The Morgan fingerprint density at radius 3 is 2.64 bits per heavy atom. The molecular weight excluding hydrogens is 200 g/mol. The van der Waals surface area contributed by atoms with Crippen LogP contribution in [0.15, 0.2) is 28.0 Å². The van der Waals surface area contributed by atoms with Crippen molar-refractivity contribution in [3.63, 3.8) is 0 Å². The van der Waals surface area contributed by atoms with Gasteiger partial charge in [0, 0.05) is 12.2 Å². The topological polar surface area (TPSA) is 86.2 Å². The van der Waals surface area contributed by atoms with Gasteiger partial charge in [0.15, 0.2) is 0 Å². The van der Waals surface area contributed by atoms with E-state index in [1.807, 2.05) is 0 Å². The van der Waals surface area contributed by atoms with Gasteiger partial charge in [0.1, 0.15) is 0 Å². The molecule has 14 heavy (non-hydrogen) atoms. The zero-order chi connectivity index (χ0) is 10.3. The molecule has 1 aliphatic heterocycles. The van der Waals surface area contributed by atoms with Gasteiger partial charge in [0.25, 0.3) is 0 Å². The summed E-state index contributed by atoms with van der Waals surface area (Å²) in [7, 11) is -3.36. The van der Waals surface area contributed by atoms with Gasteiger partial charge < -0.3 is 11.5 Å². The highest BCUT2D eigenvalue weighted by Crippen LogP contribution is 2.33. The second-order valence-electron chi connectivity index (χ2n) is 3.12. The maximum Gasteiger partial charge on any atom is 0.204 e. The Balaban J connectivity index is 2.71. The van der Waals surface area contributed by atoms with E-state index in [1.54, 1.807) is 18.2 Å². The number of nitrogens with two attached hydrogens (primary N) is 2. The van der Waals surface area contributed by atoms with E-state index in [0.717, 1.165) is 0 Å². The third-order valence-corrected chi connectivity index (χ3v) is 4.10. The predicted octanol–water partition coefficient (Wildman–Crippen LogP) is 0.356. The normalized spacial score (nSPS) is 17.6. The lowest BCUT2D eigenvalue weighted by Crippen LogP contribution is -2.10. The smallest absolute Gasteiger partial charge is 0.204 e. The Kier molecular flexibility index (Phi) is 1.87. The van der Waals surface area contributed by atoms with E-state index in [9.17, 15) is 8.42 Å². The van der Waals surface area contributed by atoms with Gasteiger partial charge in [0.05, 0.1) is 9.80 Å². The number of fused-ring (bicyclic) bond motifs is 1. The van der Waals surface area contributed by atoms with Crippen LogP contribution in [0.1, 0.15) is 5.56 Å². The summed E-state index contributed by atoms with van der Waals surface area (Å²) in [5.41, 5.74) is 12.0. The molecule has 0 saturated heterocycles. The summed E-state index contributed by atoms with van der Waals surface area (Å²) in [6.07, 6.45) is 1.59. The van der Waals surface area contributed by atoms with E-state index >= 15 is 0 Å². The second kappa shape index (κ2) is 2.83. The first kappa shape index (κ1) is 9.23. The van der Waals surface area contributed by atoms with Crippen molar-refractivity contribution in [2.75, 3.05) is 12.3 Å². The van der Waals surface area contributed by atoms with Crippen molar-refractivity contribution >= 4 is 21.6 Å². The molecular formula is C9H10N2O2S. The first-order chi connectivity index (χ1) is 6.55. The van der Waals surface area contributed by atoms with E-state index in [-0.39, 0.29) is 16.3 Å². The van der Waals surface area contributed by atoms with Crippen LogP contribution in [0.2, 0.25) is 0 Å². The molecule has 0 fully saturated rings. The Bertz CT molecular complexity index is 518. The average Bonchev–Trinajstić information content (AvgIpc) is 2.38. The van der Waals surface area contributed by atoms with E-state index in [2.05, 4.69) is 0 Å². The second-order valence-corrected chi connectivity index (χ2v) is 5.09. The van der Waals surface area contributed by atoms with E-state index in [1.165, 1.54) is 6.07 Å². The zero-order valence-corrected chi connectivity index (χ0v) is 8.21. The lowest BCUT2D eigenvalue weighted by molar-refractivity contribution is 0.602. The van der Waals surface area contributed by atoms with Crippen molar-refractivity contribution in [2.24, 2.45) is 5.73 Å². The molecule has 1 aromatic carbocycles. The lowest BCUT2D eigenvalue weighted by Gasteiger charge is -2.01. The number of rotatable bonds is 1. The third-order valence-electron chi connectivity index (χ3n) is 2.19. The Labute approximate surface area is 82.1 Å². The van der Waals surface area contributed by atoms with Gasteiger partial charge >= 0.3 is 0 Å². The van der Waals surface area contributed by atoms with Gasteiger partial charge in [-0.15, -0.1) is 0 Å². The molecule has 0 amide bonds. The highest BCUT2D eigenvalue weighted by Gasteiger charge is 2.28. The molecule has 1 aliphatic rings. The number of hydrogen-bond donors (Lipinski definition) is 2. The molecule has 4 nitrogen and oxygen atoms in total. The minimum absolute atomic E-state index is 0.0247. The maximum absolute atomic E-state index is 11.8. The molecule has 1 aromatic rings. The predicted molar refractivity (Wildman–Crippen MR) is 55.1 cm³/mol. The van der Waals surface area contributed by atoms with E-state index in [4.69, 9.17) is 11.5 Å². The fraction of sp³-hybridized carbons (Fsp3) is 0.111. The number of hydrogen-bond acceptors (Lipinski definition) is 4. The summed E-state index contributed by atoms with van der Waals surface area (Å²) >= 11 is 0. The van der Waals surface area contributed by atoms with Crippen LogP contribution in [0.3, 0.4) is 0 Å². The van der Waals surface area contributed by atoms with Crippen LogP contribution in [-0.2, 0) is 9.84 Å². The Morgan fingerprint density at radius 2 is 2.00 bits per heavy atom. The van der Waals surface area contributed by atoms with Crippen LogP contribution in [-0.4, -0.2) is 15.0 Å². The van der Waals surface area contributed by atoms with Crippen LogP contribution >= 0.6 is 0 Å². The van der Waals surface area contributed by atoms with Crippen molar-refractivity contribution in [3.05, 3.63) is 28.7 Å². The summed E-state index contributed by atoms with van der Waals surface area (Å²) < 4.78 is 23.5. The third kappa shape index (κ3) is 1.13. The molecule has 2 rings (SSSR count). The monoisotopic (exact) mass is 210 g/mol. The van der Waals surface area contributed by atoms with Crippen LogP contribution in [0.25, 0.3) is 6.08 Å². The number of benzene rings is 1. The molecule has 0 atom stereocenters. The minimum Gasteiger partial charge on any atom is -0.399 e. The first-order valence-corrected chi connectivity index (χ1v) is 5.59. The highest BCUT2D eigenvalue weighted by atomic mass is 32.2. The Hall–Kier alpha value is -1.33. The fourth-order valence-corrected chi connectivity index (χ4v) is 2.98. The molecule has 0 bridgehead atoms. The summed E-state index contributed by atoms with van der Waals surface area (Å²) in [6, 6.07) is 4.82. The molecule has 0 unspecified atom stereocenters. The summed E-state index contributed by atoms with van der Waals surface area (Å²) in [4.78, 5) is 0.510. The van der Waals surface area contributed by atoms with Gasteiger partial charge in [-0.2, -0.15) is 0 Å². The molecule has 0 spiro atoms. The van der Waals surface area contributed by atoms with Gasteiger partial charge in [-0.05, 0) is 23.8 Å². The summed E-state index contributed by atoms with van der Waals surface area (Å²) in [5, 5.41) is 0.